The molecule has 1 heterocycles. The highest BCUT2D eigenvalue weighted by molar-refractivity contribution is 5.67. The second-order valence-electron chi connectivity index (χ2n) is 4.86. The summed E-state index contributed by atoms with van der Waals surface area (Å²) in [7, 11) is 1.61. The molecule has 0 fully saturated rings. The van der Waals surface area contributed by atoms with E-state index in [1.807, 2.05) is 30.3 Å². The van der Waals surface area contributed by atoms with Gasteiger partial charge in [-0.25, -0.2) is 0 Å². The zero-order chi connectivity index (χ0) is 16.9. The Morgan fingerprint density at radius 2 is 1.75 bits per heavy atom. The summed E-state index contributed by atoms with van der Waals surface area (Å²) in [5.41, 5.74) is 1.60. The monoisotopic (exact) mass is 323 g/mol. The fraction of sp³-hybridized carbons (Fsp3) is 0.0588. The van der Waals surface area contributed by atoms with Crippen molar-refractivity contribution in [1.82, 2.24) is 10.2 Å². The van der Waals surface area contributed by atoms with E-state index in [0.29, 0.717) is 17.3 Å². The summed E-state index contributed by atoms with van der Waals surface area (Å²) in [4.78, 5) is 10.2. The summed E-state index contributed by atoms with van der Waals surface area (Å²) in [6, 6.07) is 13.5. The molecule has 3 aromatic rings. The van der Waals surface area contributed by atoms with E-state index < -0.39 is 4.92 Å². The van der Waals surface area contributed by atoms with Gasteiger partial charge in [0.2, 0.25) is 11.8 Å². The maximum atomic E-state index is 10.7. The molecular formula is C17H13N3O4. The number of nitro groups is 1. The number of nitro benzene ring substituents is 1. The first-order chi connectivity index (χ1) is 11.7. The van der Waals surface area contributed by atoms with Crippen LogP contribution < -0.4 is 4.74 Å². The minimum atomic E-state index is -0.458. The predicted octanol–water partition coefficient (Wildman–Crippen LogP) is 3.82. The molecule has 120 valence electrons. The van der Waals surface area contributed by atoms with Crippen molar-refractivity contribution in [2.45, 2.75) is 0 Å². The molecule has 0 aliphatic heterocycles. The first-order valence-corrected chi connectivity index (χ1v) is 7.06. The third-order valence-corrected chi connectivity index (χ3v) is 3.30. The second-order valence-corrected chi connectivity index (χ2v) is 4.86. The molecule has 0 bridgehead atoms. The molecule has 0 spiro atoms. The molecule has 1 aromatic heterocycles. The molecule has 0 N–H and O–H groups in total. The van der Waals surface area contributed by atoms with Gasteiger partial charge in [0.25, 0.3) is 5.69 Å². The van der Waals surface area contributed by atoms with Crippen LogP contribution in [0.1, 0.15) is 11.5 Å². The molecule has 0 radical (unpaired) electrons. The highest BCUT2D eigenvalue weighted by Gasteiger charge is 2.09. The van der Waals surface area contributed by atoms with Gasteiger partial charge in [0.15, 0.2) is 0 Å². The topological polar surface area (TPSA) is 91.3 Å². The van der Waals surface area contributed by atoms with Crippen molar-refractivity contribution < 1.29 is 14.1 Å². The minimum absolute atomic E-state index is 0.0119. The van der Waals surface area contributed by atoms with E-state index in [1.54, 1.807) is 25.3 Å². The van der Waals surface area contributed by atoms with E-state index in [-0.39, 0.29) is 5.69 Å². The van der Waals surface area contributed by atoms with Gasteiger partial charge in [0.1, 0.15) is 5.75 Å². The van der Waals surface area contributed by atoms with Gasteiger partial charge in [-0.05, 0) is 35.9 Å². The molecule has 0 aliphatic rings. The Morgan fingerprint density at radius 1 is 1.04 bits per heavy atom. The molecule has 0 aliphatic carbocycles. The van der Waals surface area contributed by atoms with E-state index >= 15 is 0 Å². The Hall–Kier alpha value is -3.48. The van der Waals surface area contributed by atoms with Gasteiger partial charge in [-0.2, -0.15) is 0 Å². The zero-order valence-electron chi connectivity index (χ0n) is 12.7. The van der Waals surface area contributed by atoms with Crippen LogP contribution in [0.4, 0.5) is 5.69 Å². The maximum Gasteiger partial charge on any atom is 0.269 e. The fourth-order valence-electron chi connectivity index (χ4n) is 2.03. The van der Waals surface area contributed by atoms with Gasteiger partial charge in [-0.3, -0.25) is 10.1 Å². The number of nitrogens with zero attached hydrogens (tertiary/aromatic N) is 3. The Morgan fingerprint density at radius 3 is 2.38 bits per heavy atom. The SMILES string of the molecule is COc1ccc(C=Cc2nnc(-c3ccc([N+](=O)[O-])cc3)o2)cc1. The van der Waals surface area contributed by atoms with Crippen LogP contribution >= 0.6 is 0 Å². The average Bonchev–Trinajstić information content (AvgIpc) is 3.09. The van der Waals surface area contributed by atoms with Crippen LogP contribution in [0, 0.1) is 10.1 Å². The number of ether oxygens (including phenoxy) is 1. The molecule has 0 saturated heterocycles. The molecule has 0 unspecified atom stereocenters. The van der Waals surface area contributed by atoms with E-state index in [0.717, 1.165) is 11.3 Å². The van der Waals surface area contributed by atoms with Crippen LogP contribution in [0.3, 0.4) is 0 Å². The molecular weight excluding hydrogens is 310 g/mol. The van der Waals surface area contributed by atoms with Gasteiger partial charge in [0.05, 0.1) is 12.0 Å². The smallest absolute Gasteiger partial charge is 0.269 e. The number of hydrogen-bond donors (Lipinski definition) is 0. The van der Waals surface area contributed by atoms with Crippen molar-refractivity contribution >= 4 is 17.8 Å². The lowest BCUT2D eigenvalue weighted by Gasteiger charge is -1.98. The highest BCUT2D eigenvalue weighted by Crippen LogP contribution is 2.22. The largest absolute Gasteiger partial charge is 0.497 e. The second kappa shape index (κ2) is 6.74. The number of rotatable bonds is 5. The molecule has 0 atom stereocenters. The molecule has 3 rings (SSSR count). The number of aromatic nitrogens is 2. The third kappa shape index (κ3) is 3.46. The van der Waals surface area contributed by atoms with E-state index in [1.165, 1.54) is 12.1 Å². The van der Waals surface area contributed by atoms with Crippen LogP contribution in [0.15, 0.2) is 52.9 Å². The normalized spacial score (nSPS) is 10.9. The van der Waals surface area contributed by atoms with Crippen LogP contribution in [-0.2, 0) is 0 Å². The van der Waals surface area contributed by atoms with Gasteiger partial charge in [-0.1, -0.05) is 12.1 Å². The van der Waals surface area contributed by atoms with Gasteiger partial charge in [-0.15, -0.1) is 10.2 Å². The summed E-state index contributed by atoms with van der Waals surface area (Å²) in [6.07, 6.45) is 3.54. The van der Waals surface area contributed by atoms with Gasteiger partial charge < -0.3 is 9.15 Å². The predicted molar refractivity (Wildman–Crippen MR) is 88.3 cm³/mol. The summed E-state index contributed by atoms with van der Waals surface area (Å²) >= 11 is 0. The quantitative estimate of drug-likeness (QED) is 0.523. The van der Waals surface area contributed by atoms with Crippen molar-refractivity contribution in [2.75, 3.05) is 7.11 Å². The third-order valence-electron chi connectivity index (χ3n) is 3.30. The Bertz CT molecular complexity index is 868. The summed E-state index contributed by atoms with van der Waals surface area (Å²) in [5, 5.41) is 18.5. The fourth-order valence-corrected chi connectivity index (χ4v) is 2.03. The lowest BCUT2D eigenvalue weighted by molar-refractivity contribution is -0.384. The lowest BCUT2D eigenvalue weighted by atomic mass is 10.2. The molecule has 2 aromatic carbocycles. The first kappa shape index (κ1) is 15.4. The van der Waals surface area contributed by atoms with Gasteiger partial charge in [0, 0.05) is 23.8 Å². The van der Waals surface area contributed by atoms with Crippen molar-refractivity contribution in [1.29, 1.82) is 0 Å². The Labute approximate surface area is 137 Å². The van der Waals surface area contributed by atoms with Crippen LogP contribution in [-0.4, -0.2) is 22.2 Å². The molecule has 0 amide bonds. The summed E-state index contributed by atoms with van der Waals surface area (Å²) in [6.45, 7) is 0. The molecule has 24 heavy (non-hydrogen) atoms. The molecule has 0 saturated carbocycles. The number of benzene rings is 2. The van der Waals surface area contributed by atoms with Crippen LogP contribution in [0.5, 0.6) is 5.75 Å². The van der Waals surface area contributed by atoms with Crippen molar-refractivity contribution in [3.63, 3.8) is 0 Å². The summed E-state index contributed by atoms with van der Waals surface area (Å²) < 4.78 is 10.6. The first-order valence-electron chi connectivity index (χ1n) is 7.06. The maximum absolute atomic E-state index is 10.7. The van der Waals surface area contributed by atoms with Gasteiger partial charge >= 0.3 is 0 Å². The van der Waals surface area contributed by atoms with Crippen LogP contribution in [0.25, 0.3) is 23.6 Å². The lowest BCUT2D eigenvalue weighted by Crippen LogP contribution is -1.87. The summed E-state index contributed by atoms with van der Waals surface area (Å²) in [5.74, 6) is 1.43. The Kier molecular flexibility index (Phi) is 4.33. The standard InChI is InChI=1S/C17H13N3O4/c1-23-15-9-2-12(3-10-15)4-11-16-18-19-17(24-16)13-5-7-14(8-6-13)20(21)22/h2-11H,1H3. The van der Waals surface area contributed by atoms with Crippen molar-refractivity contribution in [3.8, 4) is 17.2 Å². The molecule has 7 heteroatoms. The zero-order valence-corrected chi connectivity index (χ0v) is 12.7. The van der Waals surface area contributed by atoms with E-state index in [4.69, 9.17) is 9.15 Å². The number of methoxy groups -OCH3 is 1. The van der Waals surface area contributed by atoms with E-state index in [9.17, 15) is 10.1 Å². The van der Waals surface area contributed by atoms with Crippen molar-refractivity contribution in [2.24, 2.45) is 0 Å². The Balaban J connectivity index is 1.74. The highest BCUT2D eigenvalue weighted by atomic mass is 16.6. The minimum Gasteiger partial charge on any atom is -0.497 e. The van der Waals surface area contributed by atoms with E-state index in [2.05, 4.69) is 10.2 Å². The van der Waals surface area contributed by atoms with Crippen molar-refractivity contribution in [3.05, 3.63) is 70.1 Å². The average molecular weight is 323 g/mol. The number of hydrogen-bond acceptors (Lipinski definition) is 6. The van der Waals surface area contributed by atoms with Crippen LogP contribution in [0.2, 0.25) is 0 Å². The molecule has 7 nitrogen and oxygen atoms in total. The number of non-ortho nitro benzene ring substituents is 1.